The molecular weight excluding hydrogens is 298 g/mol. The molecule has 0 amide bonds. The number of hydrogen-bond donors (Lipinski definition) is 0. The summed E-state index contributed by atoms with van der Waals surface area (Å²) in [5, 5.41) is 0. The number of esters is 1. The van der Waals surface area contributed by atoms with Crippen molar-refractivity contribution in [3.63, 3.8) is 0 Å². The Balaban J connectivity index is 1.68. The van der Waals surface area contributed by atoms with Gasteiger partial charge >= 0.3 is 5.97 Å². The van der Waals surface area contributed by atoms with Crippen molar-refractivity contribution in [1.82, 2.24) is 4.90 Å². The number of carbonyl (C=O) groups excluding carboxylic acids is 1. The summed E-state index contributed by atoms with van der Waals surface area (Å²) < 4.78 is 4.75. The fourth-order valence-electron chi connectivity index (χ4n) is 3.51. The van der Waals surface area contributed by atoms with Crippen LogP contribution < -0.4 is 0 Å². The van der Waals surface area contributed by atoms with E-state index in [0.717, 1.165) is 26.1 Å². The topological polar surface area (TPSA) is 29.5 Å². The molecule has 126 valence electrons. The largest absolute Gasteiger partial charge is 0.465 e. The number of fused-ring (bicyclic) bond motifs is 1. The minimum Gasteiger partial charge on any atom is -0.465 e. The maximum absolute atomic E-state index is 11.5. The number of benzene rings is 2. The highest BCUT2D eigenvalue weighted by Gasteiger charge is 2.18. The van der Waals surface area contributed by atoms with E-state index in [4.69, 9.17) is 4.74 Å². The maximum Gasteiger partial charge on any atom is 0.337 e. The van der Waals surface area contributed by atoms with Crippen molar-refractivity contribution in [3.8, 4) is 0 Å². The van der Waals surface area contributed by atoms with Gasteiger partial charge in [-0.15, -0.1) is 0 Å². The first-order chi connectivity index (χ1) is 11.7. The van der Waals surface area contributed by atoms with Crippen molar-refractivity contribution in [2.45, 2.75) is 39.3 Å². The summed E-state index contributed by atoms with van der Waals surface area (Å²) in [5.41, 5.74) is 6.40. The monoisotopic (exact) mass is 323 g/mol. The second kappa shape index (κ2) is 7.63. The van der Waals surface area contributed by atoms with Gasteiger partial charge in [-0.3, -0.25) is 4.90 Å². The van der Waals surface area contributed by atoms with Crippen molar-refractivity contribution >= 4 is 5.97 Å². The van der Waals surface area contributed by atoms with Gasteiger partial charge in [-0.05, 0) is 47.2 Å². The Labute approximate surface area is 144 Å². The van der Waals surface area contributed by atoms with Gasteiger partial charge in [-0.25, -0.2) is 4.79 Å². The predicted molar refractivity (Wildman–Crippen MR) is 96.0 cm³/mol. The molecule has 1 aliphatic rings. The molecule has 3 heteroatoms. The number of rotatable bonds is 5. The van der Waals surface area contributed by atoms with Crippen LogP contribution in [0.4, 0.5) is 0 Å². The quantitative estimate of drug-likeness (QED) is 0.779. The lowest BCUT2D eigenvalue weighted by Gasteiger charge is -2.30. The van der Waals surface area contributed by atoms with Crippen LogP contribution in [0.1, 0.15) is 46.0 Å². The number of aryl methyl sites for hydroxylation is 1. The summed E-state index contributed by atoms with van der Waals surface area (Å²) in [4.78, 5) is 14.0. The molecule has 0 fully saturated rings. The molecule has 1 heterocycles. The Morgan fingerprint density at radius 1 is 1.17 bits per heavy atom. The fourth-order valence-corrected chi connectivity index (χ4v) is 3.51. The third-order valence-corrected chi connectivity index (χ3v) is 4.74. The van der Waals surface area contributed by atoms with E-state index in [9.17, 15) is 4.79 Å². The molecule has 0 spiro atoms. The highest BCUT2D eigenvalue weighted by Crippen LogP contribution is 2.24. The van der Waals surface area contributed by atoms with Crippen LogP contribution in [0.5, 0.6) is 0 Å². The molecule has 0 aliphatic carbocycles. The molecule has 0 saturated carbocycles. The lowest BCUT2D eigenvalue weighted by molar-refractivity contribution is 0.0600. The molecule has 0 bridgehead atoms. The van der Waals surface area contributed by atoms with Crippen LogP contribution in [0.3, 0.4) is 0 Å². The summed E-state index contributed by atoms with van der Waals surface area (Å²) in [6.45, 7) is 5.25. The van der Waals surface area contributed by atoms with E-state index in [-0.39, 0.29) is 5.97 Å². The molecule has 0 saturated heterocycles. The smallest absolute Gasteiger partial charge is 0.337 e. The Hall–Kier alpha value is -2.13. The van der Waals surface area contributed by atoms with E-state index >= 15 is 0 Å². The van der Waals surface area contributed by atoms with Gasteiger partial charge in [0.15, 0.2) is 0 Å². The zero-order valence-corrected chi connectivity index (χ0v) is 14.5. The van der Waals surface area contributed by atoms with Crippen LogP contribution in [0.15, 0.2) is 42.5 Å². The van der Waals surface area contributed by atoms with Crippen LogP contribution in [-0.4, -0.2) is 24.5 Å². The van der Waals surface area contributed by atoms with E-state index in [1.165, 1.54) is 36.6 Å². The zero-order chi connectivity index (χ0) is 16.9. The first-order valence-corrected chi connectivity index (χ1v) is 8.70. The first kappa shape index (κ1) is 16.7. The van der Waals surface area contributed by atoms with E-state index in [2.05, 4.69) is 30.0 Å². The lowest BCUT2D eigenvalue weighted by Crippen LogP contribution is -2.30. The van der Waals surface area contributed by atoms with Gasteiger partial charge in [-0.2, -0.15) is 0 Å². The first-order valence-electron chi connectivity index (χ1n) is 8.70. The van der Waals surface area contributed by atoms with Crippen molar-refractivity contribution < 1.29 is 9.53 Å². The third-order valence-electron chi connectivity index (χ3n) is 4.74. The van der Waals surface area contributed by atoms with Gasteiger partial charge in [-0.1, -0.05) is 43.7 Å². The Kier molecular flexibility index (Phi) is 5.31. The van der Waals surface area contributed by atoms with Crippen LogP contribution >= 0.6 is 0 Å². The highest BCUT2D eigenvalue weighted by atomic mass is 16.5. The summed E-state index contributed by atoms with van der Waals surface area (Å²) in [6.07, 6.45) is 3.51. The molecule has 1 aliphatic heterocycles. The molecule has 0 N–H and O–H groups in total. The molecule has 0 unspecified atom stereocenters. The number of nitrogens with zero attached hydrogens (tertiary/aromatic N) is 1. The minimum absolute atomic E-state index is 0.281. The average molecular weight is 323 g/mol. The number of hydrogen-bond acceptors (Lipinski definition) is 3. The van der Waals surface area contributed by atoms with Crippen molar-refractivity contribution in [1.29, 1.82) is 0 Å². The van der Waals surface area contributed by atoms with Gasteiger partial charge in [0, 0.05) is 19.6 Å². The third kappa shape index (κ3) is 3.68. The van der Waals surface area contributed by atoms with Gasteiger partial charge in [0.25, 0.3) is 0 Å². The summed E-state index contributed by atoms with van der Waals surface area (Å²) >= 11 is 0. The number of methoxy groups -OCH3 is 1. The molecule has 3 rings (SSSR count). The normalized spacial score (nSPS) is 14.2. The lowest BCUT2D eigenvalue weighted by atomic mass is 9.92. The molecule has 0 radical (unpaired) electrons. The Morgan fingerprint density at radius 2 is 1.96 bits per heavy atom. The molecule has 2 aromatic carbocycles. The molecule has 24 heavy (non-hydrogen) atoms. The number of carbonyl (C=O) groups is 1. The molecular formula is C21H25NO2. The van der Waals surface area contributed by atoms with E-state index in [1.54, 1.807) is 5.56 Å². The summed E-state index contributed by atoms with van der Waals surface area (Å²) in [7, 11) is 1.41. The summed E-state index contributed by atoms with van der Waals surface area (Å²) in [5.74, 6) is -0.281. The standard InChI is InChI=1S/C21H25NO2/c1-3-5-17-6-4-7-19-15-22(13-12-20(17)19)14-16-8-10-18(11-9-16)21(23)24-2/h4,6-11H,3,5,12-15H2,1-2H3. The molecule has 2 aromatic rings. The van der Waals surface area contributed by atoms with E-state index in [0.29, 0.717) is 5.56 Å². The highest BCUT2D eigenvalue weighted by molar-refractivity contribution is 5.89. The summed E-state index contributed by atoms with van der Waals surface area (Å²) in [6, 6.07) is 14.5. The SMILES string of the molecule is CCCc1cccc2c1CCN(Cc1ccc(C(=O)OC)cc1)C2. The van der Waals surface area contributed by atoms with Gasteiger partial charge in [0.05, 0.1) is 12.7 Å². The molecule has 3 nitrogen and oxygen atoms in total. The van der Waals surface area contributed by atoms with Crippen LogP contribution in [0, 0.1) is 0 Å². The van der Waals surface area contributed by atoms with Crippen molar-refractivity contribution in [2.75, 3.05) is 13.7 Å². The van der Waals surface area contributed by atoms with E-state index in [1.807, 2.05) is 24.3 Å². The fraction of sp³-hybridized carbons (Fsp3) is 0.381. The maximum atomic E-state index is 11.5. The number of ether oxygens (including phenoxy) is 1. The second-order valence-electron chi connectivity index (χ2n) is 6.45. The Morgan fingerprint density at radius 3 is 2.67 bits per heavy atom. The molecule has 0 aromatic heterocycles. The van der Waals surface area contributed by atoms with Gasteiger partial charge < -0.3 is 4.74 Å². The van der Waals surface area contributed by atoms with Crippen LogP contribution in [-0.2, 0) is 30.7 Å². The van der Waals surface area contributed by atoms with Crippen molar-refractivity contribution in [2.24, 2.45) is 0 Å². The Bertz CT molecular complexity index is 706. The average Bonchev–Trinajstić information content (AvgIpc) is 2.62. The second-order valence-corrected chi connectivity index (χ2v) is 6.45. The van der Waals surface area contributed by atoms with Gasteiger partial charge in [0.2, 0.25) is 0 Å². The van der Waals surface area contributed by atoms with Crippen LogP contribution in [0.2, 0.25) is 0 Å². The molecule has 0 atom stereocenters. The van der Waals surface area contributed by atoms with E-state index < -0.39 is 0 Å². The minimum atomic E-state index is -0.281. The van der Waals surface area contributed by atoms with Crippen LogP contribution in [0.25, 0.3) is 0 Å². The van der Waals surface area contributed by atoms with Gasteiger partial charge in [0.1, 0.15) is 0 Å². The predicted octanol–water partition coefficient (Wildman–Crippen LogP) is 3.98. The van der Waals surface area contributed by atoms with Crippen molar-refractivity contribution in [3.05, 3.63) is 70.3 Å². The zero-order valence-electron chi connectivity index (χ0n) is 14.5.